The molecular formula is C17H24N2O4S. The van der Waals surface area contributed by atoms with Crippen molar-refractivity contribution in [1.82, 2.24) is 10.2 Å². The molecule has 0 aromatic carbocycles. The third kappa shape index (κ3) is 4.56. The molecule has 1 atom stereocenters. The third-order valence-electron chi connectivity index (χ3n) is 4.07. The number of piperidine rings is 1. The second-order valence-corrected chi connectivity index (χ2v) is 8.27. The van der Waals surface area contributed by atoms with E-state index >= 15 is 0 Å². The topological polar surface area (TPSA) is 86.7 Å². The van der Waals surface area contributed by atoms with Crippen LogP contribution in [0.15, 0.2) is 12.1 Å². The average molecular weight is 352 g/mol. The van der Waals surface area contributed by atoms with Gasteiger partial charge in [-0.3, -0.25) is 9.59 Å². The third-order valence-corrected chi connectivity index (χ3v) is 5.13. The molecule has 1 aliphatic rings. The Morgan fingerprint density at radius 2 is 1.96 bits per heavy atom. The van der Waals surface area contributed by atoms with E-state index in [1.165, 1.54) is 6.07 Å². The number of likely N-dealkylation sites (tertiary alicyclic amines) is 1. The van der Waals surface area contributed by atoms with Gasteiger partial charge >= 0.3 is 5.97 Å². The zero-order valence-corrected chi connectivity index (χ0v) is 15.1. The van der Waals surface area contributed by atoms with Crippen molar-refractivity contribution >= 4 is 29.1 Å². The summed E-state index contributed by atoms with van der Waals surface area (Å²) < 4.78 is 0. The Morgan fingerprint density at radius 3 is 2.54 bits per heavy atom. The van der Waals surface area contributed by atoms with Crippen LogP contribution in [0.2, 0.25) is 0 Å². The molecule has 7 heteroatoms. The van der Waals surface area contributed by atoms with E-state index in [-0.39, 0.29) is 22.6 Å². The fourth-order valence-electron chi connectivity index (χ4n) is 2.64. The first kappa shape index (κ1) is 18.4. The molecule has 132 valence electrons. The summed E-state index contributed by atoms with van der Waals surface area (Å²) >= 11 is 1.01. The van der Waals surface area contributed by atoms with Crippen LogP contribution in [-0.2, 0) is 4.79 Å². The lowest BCUT2D eigenvalue weighted by Crippen LogP contribution is -2.45. The van der Waals surface area contributed by atoms with Gasteiger partial charge in [0.15, 0.2) is 0 Å². The summed E-state index contributed by atoms with van der Waals surface area (Å²) in [6, 6.07) is 3.03. The molecule has 1 saturated heterocycles. The van der Waals surface area contributed by atoms with Crippen LogP contribution < -0.4 is 5.32 Å². The van der Waals surface area contributed by atoms with Gasteiger partial charge in [-0.25, -0.2) is 4.79 Å². The van der Waals surface area contributed by atoms with Crippen molar-refractivity contribution in [2.75, 3.05) is 19.6 Å². The second kappa shape index (κ2) is 7.34. The first-order valence-electron chi connectivity index (χ1n) is 8.09. The number of rotatable bonds is 4. The lowest BCUT2D eigenvalue weighted by Gasteiger charge is -2.33. The number of nitrogens with one attached hydrogen (secondary N) is 1. The van der Waals surface area contributed by atoms with E-state index in [1.54, 1.807) is 11.0 Å². The lowest BCUT2D eigenvalue weighted by molar-refractivity contribution is -0.128. The predicted octanol–water partition coefficient (Wildman–Crippen LogP) is 2.46. The van der Waals surface area contributed by atoms with E-state index in [0.29, 0.717) is 24.5 Å². The second-order valence-electron chi connectivity index (χ2n) is 7.19. The van der Waals surface area contributed by atoms with Gasteiger partial charge in [0, 0.05) is 25.0 Å². The fourth-order valence-corrected chi connectivity index (χ4v) is 3.45. The Hall–Kier alpha value is -1.89. The number of hydrogen-bond acceptors (Lipinski definition) is 4. The van der Waals surface area contributed by atoms with Crippen LogP contribution in [0.25, 0.3) is 0 Å². The zero-order valence-electron chi connectivity index (χ0n) is 14.3. The molecule has 0 spiro atoms. The van der Waals surface area contributed by atoms with Crippen molar-refractivity contribution in [3.8, 4) is 0 Å². The van der Waals surface area contributed by atoms with Crippen molar-refractivity contribution in [2.45, 2.75) is 33.6 Å². The Bertz CT molecular complexity index is 633. The maximum Gasteiger partial charge on any atom is 0.345 e. The molecule has 2 rings (SSSR count). The predicted molar refractivity (Wildman–Crippen MR) is 92.4 cm³/mol. The van der Waals surface area contributed by atoms with Crippen LogP contribution in [0, 0.1) is 11.3 Å². The van der Waals surface area contributed by atoms with Crippen LogP contribution in [0.3, 0.4) is 0 Å². The molecule has 1 fully saturated rings. The zero-order chi connectivity index (χ0) is 17.9. The highest BCUT2D eigenvalue weighted by molar-refractivity contribution is 7.15. The number of amides is 2. The van der Waals surface area contributed by atoms with E-state index in [2.05, 4.69) is 5.32 Å². The lowest BCUT2D eigenvalue weighted by atomic mass is 9.94. The molecule has 0 saturated carbocycles. The summed E-state index contributed by atoms with van der Waals surface area (Å²) in [4.78, 5) is 37.8. The van der Waals surface area contributed by atoms with Crippen molar-refractivity contribution in [1.29, 1.82) is 0 Å². The minimum absolute atomic E-state index is 0.00954. The monoisotopic (exact) mass is 352 g/mol. The van der Waals surface area contributed by atoms with Crippen LogP contribution >= 0.6 is 11.3 Å². The van der Waals surface area contributed by atoms with E-state index in [4.69, 9.17) is 5.11 Å². The molecule has 2 N–H and O–H groups in total. The fraction of sp³-hybridized carbons (Fsp3) is 0.588. The van der Waals surface area contributed by atoms with E-state index in [9.17, 15) is 14.4 Å². The Balaban J connectivity index is 1.93. The van der Waals surface area contributed by atoms with Gasteiger partial charge in [-0.2, -0.15) is 0 Å². The van der Waals surface area contributed by atoms with Crippen LogP contribution in [-0.4, -0.2) is 47.4 Å². The number of aromatic carboxylic acids is 1. The smallest absolute Gasteiger partial charge is 0.345 e. The van der Waals surface area contributed by atoms with Crippen molar-refractivity contribution < 1.29 is 19.5 Å². The molecule has 2 heterocycles. The molecule has 0 aliphatic carbocycles. The maximum atomic E-state index is 12.5. The number of carboxylic acid groups (broad SMARTS) is 1. The molecule has 1 aliphatic heterocycles. The molecule has 24 heavy (non-hydrogen) atoms. The normalized spacial score (nSPS) is 18.3. The molecule has 1 unspecified atom stereocenters. The minimum Gasteiger partial charge on any atom is -0.477 e. The highest BCUT2D eigenvalue weighted by Crippen LogP contribution is 2.23. The summed E-state index contributed by atoms with van der Waals surface area (Å²) in [6.45, 7) is 7.43. The SMILES string of the molecule is CC(C)(C)C(=O)NCC1CCCN(C(=O)c2ccc(C(=O)O)s2)C1. The average Bonchev–Trinajstić information content (AvgIpc) is 3.01. The van der Waals surface area contributed by atoms with Gasteiger partial charge in [-0.15, -0.1) is 11.3 Å². The highest BCUT2D eigenvalue weighted by Gasteiger charge is 2.27. The highest BCUT2D eigenvalue weighted by atomic mass is 32.1. The Morgan fingerprint density at radius 1 is 1.29 bits per heavy atom. The van der Waals surface area contributed by atoms with Gasteiger partial charge in [-0.1, -0.05) is 20.8 Å². The summed E-state index contributed by atoms with van der Waals surface area (Å²) in [6.07, 6.45) is 1.86. The van der Waals surface area contributed by atoms with E-state index < -0.39 is 11.4 Å². The van der Waals surface area contributed by atoms with Crippen LogP contribution in [0.4, 0.5) is 0 Å². The summed E-state index contributed by atoms with van der Waals surface area (Å²) in [5.74, 6) is -0.900. The first-order valence-corrected chi connectivity index (χ1v) is 8.91. The van der Waals surface area contributed by atoms with E-state index in [0.717, 1.165) is 24.2 Å². The largest absolute Gasteiger partial charge is 0.477 e. The van der Waals surface area contributed by atoms with Crippen LogP contribution in [0.5, 0.6) is 0 Å². The molecule has 6 nitrogen and oxygen atoms in total. The summed E-state index contributed by atoms with van der Waals surface area (Å²) in [5, 5.41) is 11.9. The molecular weight excluding hydrogens is 328 g/mol. The van der Waals surface area contributed by atoms with Crippen LogP contribution in [0.1, 0.15) is 53.0 Å². The number of carbonyl (C=O) groups is 3. The minimum atomic E-state index is -1.01. The summed E-state index contributed by atoms with van der Waals surface area (Å²) in [5.41, 5.74) is -0.422. The molecule has 2 amide bonds. The number of carbonyl (C=O) groups excluding carboxylic acids is 2. The standard InChI is InChI=1S/C17H24N2O4S/c1-17(2,3)16(23)18-9-11-5-4-8-19(10-11)14(20)12-6-7-13(24-12)15(21)22/h6-7,11H,4-5,8-10H2,1-3H3,(H,18,23)(H,21,22). The molecule has 1 aromatic heterocycles. The number of carboxylic acids is 1. The summed E-state index contributed by atoms with van der Waals surface area (Å²) in [7, 11) is 0. The van der Waals surface area contributed by atoms with Gasteiger partial charge in [0.25, 0.3) is 5.91 Å². The van der Waals surface area contributed by atoms with Gasteiger partial charge in [-0.05, 0) is 30.9 Å². The van der Waals surface area contributed by atoms with Gasteiger partial charge in [0.1, 0.15) is 4.88 Å². The number of thiophene rings is 1. The Labute approximate surface area is 145 Å². The number of nitrogens with zero attached hydrogens (tertiary/aromatic N) is 1. The van der Waals surface area contributed by atoms with Gasteiger partial charge in [0.2, 0.25) is 5.91 Å². The van der Waals surface area contributed by atoms with Crippen molar-refractivity contribution in [3.63, 3.8) is 0 Å². The van der Waals surface area contributed by atoms with Crippen molar-refractivity contribution in [3.05, 3.63) is 21.9 Å². The quantitative estimate of drug-likeness (QED) is 0.871. The molecule has 0 radical (unpaired) electrons. The maximum absolute atomic E-state index is 12.5. The van der Waals surface area contributed by atoms with Gasteiger partial charge < -0.3 is 15.3 Å². The van der Waals surface area contributed by atoms with E-state index in [1.807, 2.05) is 20.8 Å². The Kier molecular flexibility index (Phi) is 5.64. The number of hydrogen-bond donors (Lipinski definition) is 2. The van der Waals surface area contributed by atoms with Gasteiger partial charge in [0.05, 0.1) is 4.88 Å². The van der Waals surface area contributed by atoms with Crippen molar-refractivity contribution in [2.24, 2.45) is 11.3 Å². The molecule has 0 bridgehead atoms. The molecule has 1 aromatic rings. The first-order chi connectivity index (χ1) is 11.2.